The van der Waals surface area contributed by atoms with Crippen LogP contribution in [-0.2, 0) is 4.79 Å². The van der Waals surface area contributed by atoms with E-state index in [-0.39, 0.29) is 11.7 Å². The maximum Gasteiger partial charge on any atom is 0.203 e. The Morgan fingerprint density at radius 2 is 1.39 bits per heavy atom. The first-order valence-electron chi connectivity index (χ1n) is 11.9. The van der Waals surface area contributed by atoms with E-state index in [1.807, 2.05) is 60.7 Å². The molecule has 1 heterocycles. The Morgan fingerprint density at radius 3 is 2.06 bits per heavy atom. The fraction of sp³-hybridized carbons (Fsp3) is 0.276. The average molecular weight is 487 g/mol. The minimum atomic E-state index is -0.407. The highest BCUT2D eigenvalue weighted by molar-refractivity contribution is 6.01. The summed E-state index contributed by atoms with van der Waals surface area (Å²) in [6, 6.07) is 19.3. The number of ketones is 1. The van der Waals surface area contributed by atoms with Gasteiger partial charge in [-0.05, 0) is 47.9 Å². The molecular weight excluding hydrogens is 456 g/mol. The number of ether oxygens (including phenoxy) is 4. The molecule has 2 atom stereocenters. The molecule has 3 aromatic rings. The van der Waals surface area contributed by atoms with Gasteiger partial charge in [-0.3, -0.25) is 4.79 Å². The van der Waals surface area contributed by atoms with E-state index >= 15 is 0 Å². The highest BCUT2D eigenvalue weighted by Gasteiger charge is 2.37. The molecule has 36 heavy (non-hydrogen) atoms. The van der Waals surface area contributed by atoms with Gasteiger partial charge < -0.3 is 29.6 Å². The zero-order chi connectivity index (χ0) is 25.2. The van der Waals surface area contributed by atoms with Crippen LogP contribution in [-0.4, -0.2) is 34.2 Å². The van der Waals surface area contributed by atoms with Crippen LogP contribution >= 0.6 is 0 Å². The number of Topliss-reactive ketones (excluding diaryl/α,β-unsaturated/α-hetero) is 1. The van der Waals surface area contributed by atoms with Crippen molar-refractivity contribution >= 4 is 17.2 Å². The first-order chi connectivity index (χ1) is 17.6. The molecule has 7 heteroatoms. The van der Waals surface area contributed by atoms with E-state index in [1.165, 1.54) is 0 Å². The largest absolute Gasteiger partial charge is 0.496 e. The van der Waals surface area contributed by atoms with Crippen molar-refractivity contribution in [1.82, 2.24) is 0 Å². The van der Waals surface area contributed by atoms with Gasteiger partial charge >= 0.3 is 0 Å². The lowest BCUT2D eigenvalue weighted by Gasteiger charge is -2.30. The summed E-state index contributed by atoms with van der Waals surface area (Å²) in [4.78, 5) is 13.9. The van der Waals surface area contributed by atoms with E-state index in [1.54, 1.807) is 28.4 Å². The Kier molecular flexibility index (Phi) is 6.46. The smallest absolute Gasteiger partial charge is 0.203 e. The van der Waals surface area contributed by atoms with E-state index in [0.29, 0.717) is 35.7 Å². The van der Waals surface area contributed by atoms with Gasteiger partial charge in [0.05, 0.1) is 45.9 Å². The fourth-order valence-electron chi connectivity index (χ4n) is 5.23. The molecule has 0 saturated heterocycles. The molecule has 0 aromatic heterocycles. The van der Waals surface area contributed by atoms with Crippen molar-refractivity contribution in [3.63, 3.8) is 0 Å². The van der Waals surface area contributed by atoms with E-state index in [9.17, 15) is 4.79 Å². The minimum absolute atomic E-state index is 0.00533. The van der Waals surface area contributed by atoms with E-state index in [0.717, 1.165) is 33.9 Å². The first-order valence-corrected chi connectivity index (χ1v) is 11.9. The summed E-state index contributed by atoms with van der Waals surface area (Å²) in [5.74, 6) is 2.47. The van der Waals surface area contributed by atoms with Gasteiger partial charge in [-0.1, -0.05) is 30.3 Å². The third-order valence-electron chi connectivity index (χ3n) is 6.91. The summed E-state index contributed by atoms with van der Waals surface area (Å²) in [7, 11) is 6.42. The van der Waals surface area contributed by atoms with Gasteiger partial charge in [0, 0.05) is 23.6 Å². The molecule has 0 saturated carbocycles. The Labute approximate surface area is 211 Å². The number of rotatable bonds is 6. The Hall–Kier alpha value is -4.13. The van der Waals surface area contributed by atoms with Gasteiger partial charge in [-0.15, -0.1) is 0 Å². The number of hydrogen-bond donors (Lipinski definition) is 2. The molecule has 3 aromatic carbocycles. The molecule has 2 unspecified atom stereocenters. The number of allylic oxidation sites excluding steroid dienone is 1. The molecule has 0 bridgehead atoms. The summed E-state index contributed by atoms with van der Waals surface area (Å²) in [6.07, 6.45) is 1.07. The van der Waals surface area contributed by atoms with Crippen LogP contribution in [0.4, 0.5) is 11.4 Å². The number of benzene rings is 3. The quantitative estimate of drug-likeness (QED) is 0.463. The van der Waals surface area contributed by atoms with Crippen LogP contribution in [0, 0.1) is 0 Å². The summed E-state index contributed by atoms with van der Waals surface area (Å²) < 4.78 is 22.4. The lowest BCUT2D eigenvalue weighted by Crippen LogP contribution is -2.27. The Morgan fingerprint density at radius 1 is 0.750 bits per heavy atom. The number of carbonyl (C=O) groups excluding carboxylic acids is 1. The number of carbonyl (C=O) groups is 1. The molecule has 0 radical (unpaired) electrons. The number of nitrogens with one attached hydrogen (secondary N) is 2. The molecule has 2 aliphatic rings. The maximum absolute atomic E-state index is 13.9. The highest BCUT2D eigenvalue weighted by Crippen LogP contribution is 2.48. The number of para-hydroxylation sites is 3. The number of hydrogen-bond acceptors (Lipinski definition) is 7. The van der Waals surface area contributed by atoms with Gasteiger partial charge in [0.15, 0.2) is 17.3 Å². The monoisotopic (exact) mass is 486 g/mol. The van der Waals surface area contributed by atoms with Crippen molar-refractivity contribution in [3.8, 4) is 23.0 Å². The summed E-state index contributed by atoms with van der Waals surface area (Å²) in [5.41, 5.74) is 5.34. The van der Waals surface area contributed by atoms with Crippen LogP contribution < -0.4 is 29.6 Å². The second-order valence-corrected chi connectivity index (χ2v) is 8.87. The third-order valence-corrected chi connectivity index (χ3v) is 6.91. The lowest BCUT2D eigenvalue weighted by molar-refractivity contribution is -0.116. The molecule has 2 N–H and O–H groups in total. The summed E-state index contributed by atoms with van der Waals surface area (Å²) in [5, 5.41) is 7.18. The second kappa shape index (κ2) is 9.85. The number of fused-ring (bicyclic) bond motifs is 1. The molecule has 0 fully saturated rings. The Balaban J connectivity index is 1.65. The van der Waals surface area contributed by atoms with E-state index < -0.39 is 6.04 Å². The highest BCUT2D eigenvalue weighted by atomic mass is 16.5. The zero-order valence-electron chi connectivity index (χ0n) is 20.9. The zero-order valence-corrected chi connectivity index (χ0v) is 20.9. The standard InChI is InChI=1S/C29H30N2O5/c1-33-24-12-8-5-9-19(24)17-13-22-27(23(32)14-17)28(31-21-11-7-6-10-20(21)30-22)18-15-25(34-2)29(36-4)26(16-18)35-3/h5-12,15-17,28,30-31H,13-14H2,1-4H3. The number of methoxy groups -OCH3 is 4. The summed E-state index contributed by atoms with van der Waals surface area (Å²) >= 11 is 0. The van der Waals surface area contributed by atoms with Crippen LogP contribution in [0.15, 0.2) is 71.9 Å². The molecule has 5 rings (SSSR count). The van der Waals surface area contributed by atoms with Crippen LogP contribution in [0.1, 0.15) is 35.9 Å². The van der Waals surface area contributed by atoms with Crippen molar-refractivity contribution in [2.24, 2.45) is 0 Å². The van der Waals surface area contributed by atoms with Gasteiger partial charge in [0.25, 0.3) is 0 Å². The molecule has 0 amide bonds. The van der Waals surface area contributed by atoms with Crippen molar-refractivity contribution in [2.45, 2.75) is 24.8 Å². The fourth-order valence-corrected chi connectivity index (χ4v) is 5.23. The predicted octanol–water partition coefficient (Wildman–Crippen LogP) is 5.70. The molecular formula is C29H30N2O5. The average Bonchev–Trinajstić information content (AvgIpc) is 3.09. The molecule has 1 aliphatic carbocycles. The van der Waals surface area contributed by atoms with Crippen molar-refractivity contribution < 1.29 is 23.7 Å². The Bertz CT molecular complexity index is 1310. The van der Waals surface area contributed by atoms with Gasteiger partial charge in [-0.25, -0.2) is 0 Å². The minimum Gasteiger partial charge on any atom is -0.496 e. The second-order valence-electron chi connectivity index (χ2n) is 8.87. The van der Waals surface area contributed by atoms with Crippen LogP contribution in [0.5, 0.6) is 23.0 Å². The SMILES string of the molecule is COc1ccccc1C1CC(=O)C2=C(C1)Nc1ccccc1NC2c1cc(OC)c(OC)c(OC)c1. The molecule has 1 aliphatic heterocycles. The third kappa shape index (κ3) is 4.11. The van der Waals surface area contributed by atoms with Crippen molar-refractivity contribution in [3.05, 3.63) is 83.1 Å². The molecule has 0 spiro atoms. The lowest BCUT2D eigenvalue weighted by atomic mass is 9.78. The topological polar surface area (TPSA) is 78.1 Å². The van der Waals surface area contributed by atoms with Gasteiger partial charge in [-0.2, -0.15) is 0 Å². The van der Waals surface area contributed by atoms with E-state index in [2.05, 4.69) is 10.6 Å². The van der Waals surface area contributed by atoms with Crippen LogP contribution in [0.25, 0.3) is 0 Å². The normalized spacial score (nSPS) is 18.7. The maximum atomic E-state index is 13.9. The van der Waals surface area contributed by atoms with Crippen LogP contribution in [0.2, 0.25) is 0 Å². The van der Waals surface area contributed by atoms with Crippen molar-refractivity contribution in [1.29, 1.82) is 0 Å². The first kappa shape index (κ1) is 23.6. The predicted molar refractivity (Wildman–Crippen MR) is 140 cm³/mol. The summed E-state index contributed by atoms with van der Waals surface area (Å²) in [6.45, 7) is 0. The van der Waals surface area contributed by atoms with Gasteiger partial charge in [0.2, 0.25) is 5.75 Å². The van der Waals surface area contributed by atoms with Gasteiger partial charge in [0.1, 0.15) is 5.75 Å². The van der Waals surface area contributed by atoms with Crippen LogP contribution in [0.3, 0.4) is 0 Å². The molecule has 7 nitrogen and oxygen atoms in total. The molecule has 186 valence electrons. The van der Waals surface area contributed by atoms with Crippen molar-refractivity contribution in [2.75, 3.05) is 39.1 Å². The van der Waals surface area contributed by atoms with E-state index in [4.69, 9.17) is 18.9 Å². The number of anilines is 2.